The van der Waals surface area contributed by atoms with E-state index in [1.807, 2.05) is 18.2 Å². The van der Waals surface area contributed by atoms with E-state index in [1.165, 1.54) is 60.2 Å². The predicted molar refractivity (Wildman–Crippen MR) is 171 cm³/mol. The summed E-state index contributed by atoms with van der Waals surface area (Å²) in [6.45, 7) is 1.52. The largest absolute Gasteiger partial charge is 0.379 e. The minimum Gasteiger partial charge on any atom is -0.379 e. The summed E-state index contributed by atoms with van der Waals surface area (Å²) < 4.78 is 46.9. The van der Waals surface area contributed by atoms with E-state index in [0.29, 0.717) is 26.9 Å². The minimum absolute atomic E-state index is 0.00416. The van der Waals surface area contributed by atoms with Crippen LogP contribution in [-0.2, 0) is 16.5 Å². The van der Waals surface area contributed by atoms with Gasteiger partial charge in [-0.05, 0) is 78.4 Å². The van der Waals surface area contributed by atoms with Crippen LogP contribution < -0.4 is 19.1 Å². The Balaban J connectivity index is 1.25. The molecule has 12 heteroatoms. The lowest BCUT2D eigenvalue weighted by molar-refractivity contribution is -0.385. The number of aryl methyl sites for hydroxylation is 2. The summed E-state index contributed by atoms with van der Waals surface area (Å²) in [6, 6.07) is 23.5. The molecule has 0 saturated carbocycles. The van der Waals surface area contributed by atoms with E-state index in [2.05, 4.69) is 6.07 Å². The lowest BCUT2D eigenvalue weighted by Crippen LogP contribution is -2.38. The van der Waals surface area contributed by atoms with Crippen molar-refractivity contribution in [2.45, 2.75) is 30.7 Å². The summed E-state index contributed by atoms with van der Waals surface area (Å²) in [6.07, 6.45) is 3.21. The van der Waals surface area contributed by atoms with Gasteiger partial charge in [-0.2, -0.15) is 8.42 Å². The zero-order chi connectivity index (χ0) is 32.2. The molecule has 0 amide bonds. The van der Waals surface area contributed by atoms with Crippen molar-refractivity contribution in [3.05, 3.63) is 160 Å². The monoisotopic (exact) mass is 653 g/mol. The zero-order valence-electron chi connectivity index (χ0n) is 24.2. The standard InChI is InChI=1S/C34H24FN3O6S2/c1-20-6-16-26(19-29(20)38(40)41)46(42,43)44-25-14-7-21(8-15-25)18-30-33(39)37-32(23-9-12-24(35)13-10-23)28-17-11-22-4-2-3-5-27(22)31(28)36-34(37)45-30/h2-10,12-16,18-19,32H,11,17H2,1H3/b30-18+/t32-/m0/s1. The SMILES string of the molecule is Cc1ccc(S(=O)(=O)Oc2ccc(/C=c3/sc4n(c3=O)[C@@H](c3ccc(F)cc3)C3=C(N=4)c4ccccc4CC3)cc2)cc1[N+](=O)[O-]. The van der Waals surface area contributed by atoms with Crippen LogP contribution in [0.15, 0.2) is 111 Å². The number of benzene rings is 4. The van der Waals surface area contributed by atoms with Gasteiger partial charge < -0.3 is 4.18 Å². The molecule has 0 radical (unpaired) electrons. The van der Waals surface area contributed by atoms with Gasteiger partial charge in [0, 0.05) is 17.2 Å². The topological polar surface area (TPSA) is 121 Å². The molecule has 2 aliphatic rings. The van der Waals surface area contributed by atoms with Gasteiger partial charge in [0.1, 0.15) is 16.5 Å². The van der Waals surface area contributed by atoms with E-state index in [-0.39, 0.29) is 27.7 Å². The van der Waals surface area contributed by atoms with E-state index in [0.717, 1.165) is 34.9 Å². The quantitative estimate of drug-likeness (QED) is 0.137. The summed E-state index contributed by atoms with van der Waals surface area (Å²) in [4.78, 5) is 29.7. The second kappa shape index (κ2) is 11.3. The van der Waals surface area contributed by atoms with Crippen LogP contribution >= 0.6 is 11.3 Å². The van der Waals surface area contributed by atoms with Gasteiger partial charge in [0.2, 0.25) is 0 Å². The van der Waals surface area contributed by atoms with Crippen LogP contribution in [-0.4, -0.2) is 17.9 Å². The highest BCUT2D eigenvalue weighted by Gasteiger charge is 2.32. The van der Waals surface area contributed by atoms with Crippen molar-refractivity contribution in [1.29, 1.82) is 0 Å². The molecule has 1 aromatic heterocycles. The number of nitro benzene ring substituents is 1. The van der Waals surface area contributed by atoms with E-state index in [9.17, 15) is 27.7 Å². The summed E-state index contributed by atoms with van der Waals surface area (Å²) in [5, 5.41) is 11.3. The van der Waals surface area contributed by atoms with Crippen molar-refractivity contribution in [2.75, 3.05) is 0 Å². The molecular weight excluding hydrogens is 630 g/mol. The molecule has 4 aromatic carbocycles. The number of rotatable bonds is 6. The molecule has 0 spiro atoms. The highest BCUT2D eigenvalue weighted by atomic mass is 32.2. The first-order chi connectivity index (χ1) is 22.1. The van der Waals surface area contributed by atoms with Crippen molar-refractivity contribution >= 4 is 38.9 Å². The number of allylic oxidation sites excluding steroid dienone is 1. The Morgan fingerprint density at radius 2 is 1.76 bits per heavy atom. The fraction of sp³-hybridized carbons (Fsp3) is 0.118. The molecule has 9 nitrogen and oxygen atoms in total. The molecule has 0 saturated heterocycles. The first kappa shape index (κ1) is 29.5. The third kappa shape index (κ3) is 5.25. The molecule has 1 aliphatic heterocycles. The highest BCUT2D eigenvalue weighted by molar-refractivity contribution is 7.87. The number of fused-ring (bicyclic) bond motifs is 3. The predicted octanol–water partition coefficient (Wildman–Crippen LogP) is 5.44. The van der Waals surface area contributed by atoms with Gasteiger partial charge in [0.15, 0.2) is 4.80 Å². The zero-order valence-corrected chi connectivity index (χ0v) is 25.8. The molecule has 5 aromatic rings. The third-order valence-electron chi connectivity index (χ3n) is 8.11. The van der Waals surface area contributed by atoms with Crippen molar-refractivity contribution in [3.63, 3.8) is 0 Å². The number of nitro groups is 1. The molecule has 0 unspecified atom stereocenters. The Bertz CT molecular complexity index is 2380. The molecule has 46 heavy (non-hydrogen) atoms. The van der Waals surface area contributed by atoms with E-state index >= 15 is 0 Å². The number of halogens is 1. The van der Waals surface area contributed by atoms with Crippen molar-refractivity contribution < 1.29 is 21.9 Å². The molecule has 1 atom stereocenters. The Labute approximate surface area is 266 Å². The van der Waals surface area contributed by atoms with E-state index < -0.39 is 21.1 Å². The first-order valence-corrected chi connectivity index (χ1v) is 16.5. The maximum atomic E-state index is 13.9. The number of hydrogen-bond acceptors (Lipinski definition) is 8. The average Bonchev–Trinajstić information content (AvgIpc) is 3.35. The van der Waals surface area contributed by atoms with Gasteiger partial charge in [-0.3, -0.25) is 19.5 Å². The fourth-order valence-corrected chi connectivity index (χ4v) is 7.81. The van der Waals surface area contributed by atoms with Crippen LogP contribution in [0.3, 0.4) is 0 Å². The number of nitrogens with zero attached hydrogens (tertiary/aromatic N) is 3. The molecule has 230 valence electrons. The minimum atomic E-state index is -4.34. The fourth-order valence-electron chi connectivity index (χ4n) is 5.85. The van der Waals surface area contributed by atoms with Crippen molar-refractivity contribution in [3.8, 4) is 5.75 Å². The van der Waals surface area contributed by atoms with Crippen LogP contribution in [0.1, 0.15) is 40.3 Å². The second-order valence-electron chi connectivity index (χ2n) is 11.0. The number of thiazole rings is 1. The van der Waals surface area contributed by atoms with Gasteiger partial charge in [-0.15, -0.1) is 0 Å². The highest BCUT2D eigenvalue weighted by Crippen LogP contribution is 2.41. The molecule has 0 fully saturated rings. The molecule has 2 heterocycles. The number of aromatic nitrogens is 1. The van der Waals surface area contributed by atoms with Gasteiger partial charge in [0.05, 0.1) is 21.2 Å². The van der Waals surface area contributed by atoms with Crippen molar-refractivity contribution in [2.24, 2.45) is 4.99 Å². The maximum absolute atomic E-state index is 13.9. The molecule has 1 aliphatic carbocycles. The second-order valence-corrected chi connectivity index (χ2v) is 13.5. The lowest BCUT2D eigenvalue weighted by atomic mass is 9.83. The van der Waals surface area contributed by atoms with Gasteiger partial charge in [-0.25, -0.2) is 9.38 Å². The van der Waals surface area contributed by atoms with Crippen LogP contribution in [0.2, 0.25) is 0 Å². The van der Waals surface area contributed by atoms with E-state index in [1.54, 1.807) is 34.9 Å². The lowest BCUT2D eigenvalue weighted by Gasteiger charge is -2.30. The maximum Gasteiger partial charge on any atom is 0.339 e. The smallest absolute Gasteiger partial charge is 0.339 e. The third-order valence-corrected chi connectivity index (χ3v) is 10.3. The van der Waals surface area contributed by atoms with Gasteiger partial charge in [-0.1, -0.05) is 65.9 Å². The Hall–Kier alpha value is -5.20. The normalized spacial score (nSPS) is 15.9. The summed E-state index contributed by atoms with van der Waals surface area (Å²) in [7, 11) is -4.34. The first-order valence-electron chi connectivity index (χ1n) is 14.3. The Morgan fingerprint density at radius 3 is 2.50 bits per heavy atom. The molecule has 0 bridgehead atoms. The Kier molecular flexibility index (Phi) is 7.25. The number of hydrogen-bond donors (Lipinski definition) is 0. The molecular formula is C34H24FN3O6S2. The molecule has 7 rings (SSSR count). The van der Waals surface area contributed by atoms with Crippen LogP contribution in [0.25, 0.3) is 11.8 Å². The Morgan fingerprint density at radius 1 is 1.02 bits per heavy atom. The van der Waals surface area contributed by atoms with Crippen LogP contribution in [0, 0.1) is 22.9 Å². The summed E-state index contributed by atoms with van der Waals surface area (Å²) in [5.74, 6) is -0.357. The average molecular weight is 654 g/mol. The summed E-state index contributed by atoms with van der Waals surface area (Å²) in [5.41, 5.74) is 5.22. The van der Waals surface area contributed by atoms with Crippen LogP contribution in [0.4, 0.5) is 10.1 Å². The molecule has 0 N–H and O–H groups in total. The van der Waals surface area contributed by atoms with Gasteiger partial charge >= 0.3 is 10.1 Å². The summed E-state index contributed by atoms with van der Waals surface area (Å²) >= 11 is 1.24. The van der Waals surface area contributed by atoms with Gasteiger partial charge in [0.25, 0.3) is 11.2 Å². The van der Waals surface area contributed by atoms with Crippen molar-refractivity contribution in [1.82, 2.24) is 4.57 Å². The van der Waals surface area contributed by atoms with Crippen LogP contribution in [0.5, 0.6) is 5.75 Å². The van der Waals surface area contributed by atoms with E-state index in [4.69, 9.17) is 9.18 Å².